The zero-order chi connectivity index (χ0) is 10.7. The van der Waals surface area contributed by atoms with E-state index in [1.54, 1.807) is 13.0 Å². The van der Waals surface area contributed by atoms with Crippen LogP contribution in [0.2, 0.25) is 0 Å². The van der Waals surface area contributed by atoms with Crippen LogP contribution in [0.1, 0.15) is 21.4 Å². The number of aryl methyl sites for hydroxylation is 1. The molecule has 2 heterocycles. The molecule has 0 saturated heterocycles. The number of thiophene rings is 1. The number of aromatic nitrogens is 2. The maximum Gasteiger partial charge on any atom is 0.261 e. The monoisotopic (exact) mass is 223 g/mol. The van der Waals surface area contributed by atoms with Gasteiger partial charge in [-0.1, -0.05) is 11.2 Å². The van der Waals surface area contributed by atoms with Crippen LogP contribution in [0.5, 0.6) is 0 Å². The first-order chi connectivity index (χ1) is 7.25. The minimum absolute atomic E-state index is 0.118. The van der Waals surface area contributed by atoms with Crippen LogP contribution in [0.15, 0.2) is 22.0 Å². The number of hydrogen-bond acceptors (Lipinski definition) is 5. The molecule has 0 aromatic carbocycles. The fourth-order valence-electron chi connectivity index (χ4n) is 1.07. The standard InChI is InChI=1S/C9H9N3O2S/c1-6-11-8(12-14-6)5-10-9(13)7-3-2-4-15-7/h2-4H,5H2,1H3,(H,10,13). The van der Waals surface area contributed by atoms with E-state index in [-0.39, 0.29) is 12.5 Å². The van der Waals surface area contributed by atoms with E-state index in [1.165, 1.54) is 11.3 Å². The van der Waals surface area contributed by atoms with Crippen molar-refractivity contribution < 1.29 is 9.32 Å². The Hall–Kier alpha value is -1.69. The quantitative estimate of drug-likeness (QED) is 0.853. The fourth-order valence-corrected chi connectivity index (χ4v) is 1.71. The number of carbonyl (C=O) groups is 1. The molecule has 2 rings (SSSR count). The fraction of sp³-hybridized carbons (Fsp3) is 0.222. The first-order valence-corrected chi connectivity index (χ1v) is 5.24. The lowest BCUT2D eigenvalue weighted by molar-refractivity contribution is 0.0953. The van der Waals surface area contributed by atoms with Crippen molar-refractivity contribution >= 4 is 17.2 Å². The molecule has 0 aliphatic heterocycles. The molecule has 0 aliphatic carbocycles. The Morgan fingerprint density at radius 3 is 3.13 bits per heavy atom. The van der Waals surface area contributed by atoms with E-state index in [9.17, 15) is 4.79 Å². The highest BCUT2D eigenvalue weighted by molar-refractivity contribution is 7.12. The van der Waals surface area contributed by atoms with Crippen LogP contribution in [0, 0.1) is 6.92 Å². The molecule has 0 bridgehead atoms. The topological polar surface area (TPSA) is 68.0 Å². The first kappa shape index (κ1) is 9.85. The molecule has 0 radical (unpaired) electrons. The minimum atomic E-state index is -0.118. The molecular weight excluding hydrogens is 214 g/mol. The molecule has 2 aromatic rings. The molecule has 0 spiro atoms. The Labute approximate surface area is 90.1 Å². The smallest absolute Gasteiger partial charge is 0.261 e. The second kappa shape index (κ2) is 4.22. The predicted molar refractivity (Wildman–Crippen MR) is 54.5 cm³/mol. The van der Waals surface area contributed by atoms with Gasteiger partial charge >= 0.3 is 0 Å². The molecule has 5 nitrogen and oxygen atoms in total. The Morgan fingerprint density at radius 1 is 1.67 bits per heavy atom. The lowest BCUT2D eigenvalue weighted by atomic mass is 10.4. The van der Waals surface area contributed by atoms with Gasteiger partial charge in [0, 0.05) is 6.92 Å². The van der Waals surface area contributed by atoms with Crippen LogP contribution < -0.4 is 5.32 Å². The van der Waals surface area contributed by atoms with Crippen molar-refractivity contribution in [1.82, 2.24) is 15.5 Å². The number of rotatable bonds is 3. The lowest BCUT2D eigenvalue weighted by Gasteiger charge is -1.98. The van der Waals surface area contributed by atoms with Crippen LogP contribution >= 0.6 is 11.3 Å². The van der Waals surface area contributed by atoms with Crippen LogP contribution in [-0.4, -0.2) is 16.0 Å². The summed E-state index contributed by atoms with van der Waals surface area (Å²) in [5, 5.41) is 8.23. The largest absolute Gasteiger partial charge is 0.344 e. The van der Waals surface area contributed by atoms with Gasteiger partial charge in [0.15, 0.2) is 5.82 Å². The summed E-state index contributed by atoms with van der Waals surface area (Å²) in [6, 6.07) is 3.60. The third-order valence-electron chi connectivity index (χ3n) is 1.72. The zero-order valence-corrected chi connectivity index (χ0v) is 8.87. The van der Waals surface area contributed by atoms with Crippen molar-refractivity contribution in [3.8, 4) is 0 Å². The Morgan fingerprint density at radius 2 is 2.53 bits per heavy atom. The first-order valence-electron chi connectivity index (χ1n) is 4.36. The van der Waals surface area contributed by atoms with Crippen LogP contribution in [-0.2, 0) is 6.54 Å². The van der Waals surface area contributed by atoms with Crippen LogP contribution in [0.3, 0.4) is 0 Å². The van der Waals surface area contributed by atoms with Gasteiger partial charge in [0.25, 0.3) is 5.91 Å². The Balaban J connectivity index is 1.91. The van der Waals surface area contributed by atoms with Gasteiger partial charge in [-0.25, -0.2) is 0 Å². The van der Waals surface area contributed by atoms with Gasteiger partial charge in [0.1, 0.15) is 0 Å². The maximum atomic E-state index is 11.5. The Bertz CT molecular complexity index is 450. The molecule has 0 atom stereocenters. The summed E-state index contributed by atoms with van der Waals surface area (Å²) in [4.78, 5) is 16.2. The summed E-state index contributed by atoms with van der Waals surface area (Å²) >= 11 is 1.40. The van der Waals surface area contributed by atoms with E-state index < -0.39 is 0 Å². The normalized spacial score (nSPS) is 10.2. The van der Waals surface area contributed by atoms with Crippen molar-refractivity contribution in [1.29, 1.82) is 0 Å². The molecule has 6 heteroatoms. The number of nitrogens with zero attached hydrogens (tertiary/aromatic N) is 2. The molecule has 1 N–H and O–H groups in total. The highest BCUT2D eigenvalue weighted by Crippen LogP contribution is 2.07. The maximum absolute atomic E-state index is 11.5. The van der Waals surface area contributed by atoms with Crippen molar-refractivity contribution in [2.45, 2.75) is 13.5 Å². The van der Waals surface area contributed by atoms with E-state index in [1.807, 2.05) is 11.4 Å². The summed E-state index contributed by atoms with van der Waals surface area (Å²) in [5.74, 6) is 0.861. The Kier molecular flexibility index (Phi) is 2.77. The molecule has 0 fully saturated rings. The van der Waals surface area contributed by atoms with Crippen molar-refractivity contribution in [2.75, 3.05) is 0 Å². The number of hydrogen-bond donors (Lipinski definition) is 1. The van der Waals surface area contributed by atoms with Gasteiger partial charge in [-0.05, 0) is 11.4 Å². The number of carbonyl (C=O) groups excluding carboxylic acids is 1. The van der Waals surface area contributed by atoms with Gasteiger partial charge in [0.05, 0.1) is 11.4 Å². The van der Waals surface area contributed by atoms with Crippen molar-refractivity contribution in [2.24, 2.45) is 0 Å². The summed E-state index contributed by atoms with van der Waals surface area (Å²) < 4.78 is 4.78. The van der Waals surface area contributed by atoms with Crippen molar-refractivity contribution in [3.63, 3.8) is 0 Å². The summed E-state index contributed by atoms with van der Waals surface area (Å²) in [6.45, 7) is 1.99. The van der Waals surface area contributed by atoms with E-state index in [4.69, 9.17) is 4.52 Å². The van der Waals surface area contributed by atoms with E-state index in [0.29, 0.717) is 16.6 Å². The number of nitrogens with one attached hydrogen (secondary N) is 1. The second-order valence-corrected chi connectivity index (χ2v) is 3.84. The van der Waals surface area contributed by atoms with E-state index in [2.05, 4.69) is 15.5 Å². The zero-order valence-electron chi connectivity index (χ0n) is 8.06. The SMILES string of the molecule is Cc1nc(CNC(=O)c2cccs2)no1. The summed E-state index contributed by atoms with van der Waals surface area (Å²) in [5.41, 5.74) is 0. The molecule has 0 aliphatic rings. The van der Waals surface area contributed by atoms with Gasteiger partial charge < -0.3 is 9.84 Å². The van der Waals surface area contributed by atoms with Gasteiger partial charge in [-0.15, -0.1) is 11.3 Å². The average Bonchev–Trinajstić information content (AvgIpc) is 2.84. The van der Waals surface area contributed by atoms with E-state index in [0.717, 1.165) is 0 Å². The molecule has 0 unspecified atom stereocenters. The van der Waals surface area contributed by atoms with Crippen LogP contribution in [0.25, 0.3) is 0 Å². The molecule has 78 valence electrons. The minimum Gasteiger partial charge on any atom is -0.344 e. The third-order valence-corrected chi connectivity index (χ3v) is 2.59. The van der Waals surface area contributed by atoms with E-state index >= 15 is 0 Å². The summed E-state index contributed by atoms with van der Waals surface area (Å²) in [6.07, 6.45) is 0. The predicted octanol–water partition coefficient (Wildman–Crippen LogP) is 1.37. The highest BCUT2D eigenvalue weighted by Gasteiger charge is 2.07. The summed E-state index contributed by atoms with van der Waals surface area (Å²) in [7, 11) is 0. The third kappa shape index (κ3) is 2.41. The lowest BCUT2D eigenvalue weighted by Crippen LogP contribution is -2.22. The molecular formula is C9H9N3O2S. The molecule has 15 heavy (non-hydrogen) atoms. The van der Waals surface area contributed by atoms with Crippen molar-refractivity contribution in [3.05, 3.63) is 34.1 Å². The molecule has 1 amide bonds. The molecule has 0 saturated carbocycles. The highest BCUT2D eigenvalue weighted by atomic mass is 32.1. The van der Waals surface area contributed by atoms with Gasteiger partial charge in [0.2, 0.25) is 5.89 Å². The molecule has 2 aromatic heterocycles. The van der Waals surface area contributed by atoms with Crippen LogP contribution in [0.4, 0.5) is 0 Å². The van der Waals surface area contributed by atoms with Gasteiger partial charge in [-0.2, -0.15) is 4.98 Å². The average molecular weight is 223 g/mol. The number of amides is 1. The second-order valence-electron chi connectivity index (χ2n) is 2.89. The van der Waals surface area contributed by atoms with Gasteiger partial charge in [-0.3, -0.25) is 4.79 Å².